The summed E-state index contributed by atoms with van der Waals surface area (Å²) in [5.41, 5.74) is 3.62. The lowest BCUT2D eigenvalue weighted by molar-refractivity contribution is -0.134. The summed E-state index contributed by atoms with van der Waals surface area (Å²) >= 11 is 3.42. The molecule has 4 nitrogen and oxygen atoms in total. The van der Waals surface area contributed by atoms with E-state index in [1.54, 1.807) is 17.0 Å². The summed E-state index contributed by atoms with van der Waals surface area (Å²) in [6.07, 6.45) is 1.80. The standard InChI is InChI=1S/C18H17BrN2O2/c1-12-8-9-14(11-15(12)19)20-17(22)18(23)21-10-4-6-13-5-2-3-7-16(13)21/h2-3,5,7-9,11H,4,6,10H2,1H3,(H,20,22). The van der Waals surface area contributed by atoms with Crippen molar-refractivity contribution in [3.63, 3.8) is 0 Å². The first-order valence-corrected chi connectivity index (χ1v) is 8.32. The predicted octanol–water partition coefficient (Wildman–Crippen LogP) is 3.68. The van der Waals surface area contributed by atoms with Crippen LogP contribution in [0.4, 0.5) is 11.4 Å². The zero-order chi connectivity index (χ0) is 16.4. The minimum Gasteiger partial charge on any atom is -0.318 e. The van der Waals surface area contributed by atoms with E-state index >= 15 is 0 Å². The Morgan fingerprint density at radius 3 is 2.74 bits per heavy atom. The van der Waals surface area contributed by atoms with Crippen LogP contribution >= 0.6 is 15.9 Å². The molecule has 0 bridgehead atoms. The summed E-state index contributed by atoms with van der Waals surface area (Å²) in [7, 11) is 0. The van der Waals surface area contributed by atoms with Crippen molar-refractivity contribution in [2.75, 3.05) is 16.8 Å². The van der Waals surface area contributed by atoms with Crippen LogP contribution in [0.5, 0.6) is 0 Å². The maximum Gasteiger partial charge on any atom is 0.316 e. The fourth-order valence-electron chi connectivity index (χ4n) is 2.72. The first-order chi connectivity index (χ1) is 11.1. The number of para-hydroxylation sites is 1. The Bertz CT molecular complexity index is 773. The highest BCUT2D eigenvalue weighted by atomic mass is 79.9. The van der Waals surface area contributed by atoms with Crippen molar-refractivity contribution >= 4 is 39.1 Å². The van der Waals surface area contributed by atoms with E-state index in [2.05, 4.69) is 21.2 Å². The van der Waals surface area contributed by atoms with Crippen molar-refractivity contribution < 1.29 is 9.59 Å². The molecule has 2 amide bonds. The fourth-order valence-corrected chi connectivity index (χ4v) is 3.10. The van der Waals surface area contributed by atoms with Crippen LogP contribution in [0.2, 0.25) is 0 Å². The smallest absolute Gasteiger partial charge is 0.316 e. The van der Waals surface area contributed by atoms with E-state index < -0.39 is 11.8 Å². The van der Waals surface area contributed by atoms with Gasteiger partial charge in [-0.05, 0) is 49.1 Å². The molecule has 0 unspecified atom stereocenters. The second-order valence-corrected chi connectivity index (χ2v) is 6.46. The van der Waals surface area contributed by atoms with Gasteiger partial charge >= 0.3 is 11.8 Å². The number of hydrogen-bond donors (Lipinski definition) is 1. The summed E-state index contributed by atoms with van der Waals surface area (Å²) < 4.78 is 0.895. The molecule has 118 valence electrons. The summed E-state index contributed by atoms with van der Waals surface area (Å²) in [4.78, 5) is 26.4. The predicted molar refractivity (Wildman–Crippen MR) is 94.6 cm³/mol. The molecular formula is C18H17BrN2O2. The number of rotatable bonds is 1. The van der Waals surface area contributed by atoms with E-state index in [0.717, 1.165) is 34.1 Å². The van der Waals surface area contributed by atoms with Crippen molar-refractivity contribution in [3.05, 3.63) is 58.1 Å². The Morgan fingerprint density at radius 1 is 1.17 bits per heavy atom. The maximum atomic E-state index is 12.5. The average Bonchev–Trinajstić information content (AvgIpc) is 2.57. The topological polar surface area (TPSA) is 49.4 Å². The molecule has 23 heavy (non-hydrogen) atoms. The number of aryl methyl sites for hydroxylation is 2. The lowest BCUT2D eigenvalue weighted by Gasteiger charge is -2.28. The van der Waals surface area contributed by atoms with E-state index in [9.17, 15) is 9.59 Å². The van der Waals surface area contributed by atoms with Crippen molar-refractivity contribution in [1.82, 2.24) is 0 Å². The van der Waals surface area contributed by atoms with Crippen LogP contribution < -0.4 is 10.2 Å². The van der Waals surface area contributed by atoms with Crippen molar-refractivity contribution in [2.45, 2.75) is 19.8 Å². The summed E-state index contributed by atoms with van der Waals surface area (Å²) in [6, 6.07) is 13.2. The third-order valence-corrected chi connectivity index (χ3v) is 4.83. The number of anilines is 2. The molecule has 1 heterocycles. The monoisotopic (exact) mass is 372 g/mol. The first kappa shape index (κ1) is 15.7. The summed E-state index contributed by atoms with van der Waals surface area (Å²) in [5.74, 6) is -1.13. The van der Waals surface area contributed by atoms with Gasteiger partial charge in [0.2, 0.25) is 0 Å². The van der Waals surface area contributed by atoms with Crippen LogP contribution in [0, 0.1) is 6.92 Å². The van der Waals surface area contributed by atoms with Crippen LogP contribution in [-0.2, 0) is 16.0 Å². The first-order valence-electron chi connectivity index (χ1n) is 7.53. The Labute approximate surface area is 143 Å². The van der Waals surface area contributed by atoms with Gasteiger partial charge in [0.25, 0.3) is 0 Å². The van der Waals surface area contributed by atoms with Gasteiger partial charge in [0.05, 0.1) is 0 Å². The highest BCUT2D eigenvalue weighted by Crippen LogP contribution is 2.27. The molecule has 0 atom stereocenters. The molecule has 1 N–H and O–H groups in total. The number of nitrogens with zero attached hydrogens (tertiary/aromatic N) is 1. The minimum atomic E-state index is -0.613. The molecule has 1 aliphatic rings. The van der Waals surface area contributed by atoms with Gasteiger partial charge in [0.15, 0.2) is 0 Å². The molecule has 0 fully saturated rings. The van der Waals surface area contributed by atoms with Crippen LogP contribution in [0.25, 0.3) is 0 Å². The highest BCUT2D eigenvalue weighted by Gasteiger charge is 2.27. The molecule has 5 heteroatoms. The lowest BCUT2D eigenvalue weighted by Crippen LogP contribution is -2.42. The van der Waals surface area contributed by atoms with Crippen LogP contribution in [0.3, 0.4) is 0 Å². The van der Waals surface area contributed by atoms with Crippen LogP contribution in [0.15, 0.2) is 46.9 Å². The molecule has 0 spiro atoms. The number of carbonyl (C=O) groups excluding carboxylic acids is 2. The third-order valence-electron chi connectivity index (χ3n) is 3.98. The number of carbonyl (C=O) groups is 2. The van der Waals surface area contributed by atoms with E-state index in [0.29, 0.717) is 12.2 Å². The molecular weight excluding hydrogens is 356 g/mol. The zero-order valence-electron chi connectivity index (χ0n) is 12.8. The molecule has 2 aromatic carbocycles. The molecule has 0 saturated heterocycles. The molecule has 2 aromatic rings. The van der Waals surface area contributed by atoms with Gasteiger partial charge in [-0.25, -0.2) is 0 Å². The van der Waals surface area contributed by atoms with Gasteiger partial charge < -0.3 is 10.2 Å². The second kappa shape index (κ2) is 6.54. The fraction of sp³-hybridized carbons (Fsp3) is 0.222. The molecule has 0 saturated carbocycles. The Morgan fingerprint density at radius 2 is 1.96 bits per heavy atom. The normalized spacial score (nSPS) is 13.4. The Balaban J connectivity index is 1.78. The molecule has 0 aliphatic carbocycles. The molecule has 3 rings (SSSR count). The SMILES string of the molecule is Cc1ccc(NC(=O)C(=O)N2CCCc3ccccc32)cc1Br. The van der Waals surface area contributed by atoms with Crippen LogP contribution in [0.1, 0.15) is 17.5 Å². The summed E-state index contributed by atoms with van der Waals surface area (Å²) in [6.45, 7) is 2.53. The van der Waals surface area contributed by atoms with Crippen LogP contribution in [-0.4, -0.2) is 18.4 Å². The number of halogens is 1. The number of benzene rings is 2. The number of amides is 2. The molecule has 1 aliphatic heterocycles. The van der Waals surface area contributed by atoms with E-state index in [1.807, 2.05) is 37.3 Å². The Kier molecular flexibility index (Phi) is 4.48. The number of hydrogen-bond acceptors (Lipinski definition) is 2. The number of fused-ring (bicyclic) bond motifs is 1. The molecule has 0 aromatic heterocycles. The highest BCUT2D eigenvalue weighted by molar-refractivity contribution is 9.10. The second-order valence-electron chi connectivity index (χ2n) is 5.61. The number of nitrogens with one attached hydrogen (secondary N) is 1. The lowest BCUT2D eigenvalue weighted by atomic mass is 10.0. The van der Waals surface area contributed by atoms with Gasteiger partial charge in [-0.2, -0.15) is 0 Å². The molecule has 0 radical (unpaired) electrons. The largest absolute Gasteiger partial charge is 0.318 e. The van der Waals surface area contributed by atoms with Gasteiger partial charge in [0, 0.05) is 22.4 Å². The van der Waals surface area contributed by atoms with Gasteiger partial charge in [0.1, 0.15) is 0 Å². The van der Waals surface area contributed by atoms with Crippen molar-refractivity contribution in [1.29, 1.82) is 0 Å². The maximum absolute atomic E-state index is 12.5. The van der Waals surface area contributed by atoms with E-state index in [4.69, 9.17) is 0 Å². The minimum absolute atomic E-state index is 0.520. The van der Waals surface area contributed by atoms with Crippen molar-refractivity contribution in [2.24, 2.45) is 0 Å². The zero-order valence-corrected chi connectivity index (χ0v) is 14.4. The Hall–Kier alpha value is -2.14. The summed E-state index contributed by atoms with van der Waals surface area (Å²) in [5, 5.41) is 2.68. The van der Waals surface area contributed by atoms with Gasteiger partial charge in [-0.15, -0.1) is 0 Å². The van der Waals surface area contributed by atoms with E-state index in [1.165, 1.54) is 0 Å². The van der Waals surface area contributed by atoms with E-state index in [-0.39, 0.29) is 0 Å². The third kappa shape index (κ3) is 3.29. The van der Waals surface area contributed by atoms with Crippen molar-refractivity contribution in [3.8, 4) is 0 Å². The van der Waals surface area contributed by atoms with Gasteiger partial charge in [-0.3, -0.25) is 9.59 Å². The average molecular weight is 373 g/mol. The van der Waals surface area contributed by atoms with Gasteiger partial charge in [-0.1, -0.05) is 40.2 Å². The quantitative estimate of drug-likeness (QED) is 0.776.